The van der Waals surface area contributed by atoms with Crippen LogP contribution in [0.25, 0.3) is 0 Å². The number of anilines is 1. The molecule has 0 unspecified atom stereocenters. The molecule has 0 atom stereocenters. The van der Waals surface area contributed by atoms with Crippen LogP contribution in [0, 0.1) is 0 Å². The van der Waals surface area contributed by atoms with Gasteiger partial charge in [-0.1, -0.05) is 6.92 Å². The summed E-state index contributed by atoms with van der Waals surface area (Å²) < 4.78 is 24.1. The fourth-order valence-electron chi connectivity index (χ4n) is 1.52. The van der Waals surface area contributed by atoms with Crippen molar-refractivity contribution in [3.8, 4) is 0 Å². The maximum Gasteiger partial charge on any atom is 0.266 e. The Labute approximate surface area is 106 Å². The summed E-state index contributed by atoms with van der Waals surface area (Å²) in [7, 11) is -3.13. The van der Waals surface area contributed by atoms with Crippen LogP contribution in [0.4, 0.5) is 5.69 Å². The van der Waals surface area contributed by atoms with E-state index in [2.05, 4.69) is 15.5 Å². The number of hydrogen-bond acceptors (Lipinski definition) is 5. The van der Waals surface area contributed by atoms with E-state index in [1.54, 1.807) is 6.92 Å². The van der Waals surface area contributed by atoms with Crippen LogP contribution in [0.5, 0.6) is 0 Å². The predicted octanol–water partition coefficient (Wildman–Crippen LogP) is -0.147. The van der Waals surface area contributed by atoms with Crippen molar-refractivity contribution in [2.45, 2.75) is 13.3 Å². The lowest BCUT2D eigenvalue weighted by atomic mass is 10.4. The highest BCUT2D eigenvalue weighted by atomic mass is 32.2. The summed E-state index contributed by atoms with van der Waals surface area (Å²) in [5.41, 5.74) is 0.354. The predicted molar refractivity (Wildman–Crippen MR) is 70.1 cm³/mol. The van der Waals surface area contributed by atoms with E-state index in [-0.39, 0.29) is 5.56 Å². The van der Waals surface area contributed by atoms with Gasteiger partial charge in [-0.15, -0.1) is 0 Å². The van der Waals surface area contributed by atoms with Crippen LogP contribution in [0.15, 0.2) is 17.1 Å². The van der Waals surface area contributed by atoms with Gasteiger partial charge in [-0.25, -0.2) is 17.8 Å². The molecule has 8 heteroatoms. The minimum Gasteiger partial charge on any atom is -0.384 e. The first-order valence-electron chi connectivity index (χ1n) is 5.67. The van der Waals surface area contributed by atoms with Crippen LogP contribution in [-0.4, -0.2) is 48.8 Å². The molecule has 0 aliphatic rings. The topological polar surface area (TPSA) is 95.2 Å². The van der Waals surface area contributed by atoms with Crippen molar-refractivity contribution < 1.29 is 8.42 Å². The fourth-order valence-corrected chi connectivity index (χ4v) is 2.45. The molecule has 102 valence electrons. The Morgan fingerprint density at radius 2 is 2.22 bits per heavy atom. The number of nitrogens with one attached hydrogen (secondary N) is 2. The summed E-state index contributed by atoms with van der Waals surface area (Å²) >= 11 is 0. The first-order valence-corrected chi connectivity index (χ1v) is 7.52. The van der Waals surface area contributed by atoms with Crippen LogP contribution in [0.1, 0.15) is 13.3 Å². The van der Waals surface area contributed by atoms with Gasteiger partial charge in [-0.2, -0.15) is 5.10 Å². The van der Waals surface area contributed by atoms with Crippen molar-refractivity contribution in [3.05, 3.63) is 22.6 Å². The summed E-state index contributed by atoms with van der Waals surface area (Å²) in [6.45, 7) is 3.30. The Kier molecular flexibility index (Phi) is 5.29. The average Bonchev–Trinajstić information content (AvgIpc) is 2.27. The van der Waals surface area contributed by atoms with Crippen LogP contribution in [0.2, 0.25) is 0 Å². The lowest BCUT2D eigenvalue weighted by molar-refractivity contribution is 0.429. The minimum absolute atomic E-state index is 0.272. The first kappa shape index (κ1) is 14.7. The molecule has 1 heterocycles. The molecule has 7 nitrogen and oxygen atoms in total. The third-order valence-corrected chi connectivity index (χ3v) is 3.78. The Balaban J connectivity index is 2.37. The molecule has 2 N–H and O–H groups in total. The van der Waals surface area contributed by atoms with Gasteiger partial charge in [0.1, 0.15) is 0 Å². The van der Waals surface area contributed by atoms with Crippen molar-refractivity contribution in [3.63, 3.8) is 0 Å². The van der Waals surface area contributed by atoms with E-state index in [9.17, 15) is 13.2 Å². The fraction of sp³-hybridized carbons (Fsp3) is 0.600. The Morgan fingerprint density at radius 3 is 2.78 bits per heavy atom. The summed E-state index contributed by atoms with van der Waals surface area (Å²) in [4.78, 5) is 11.0. The van der Waals surface area contributed by atoms with E-state index in [0.29, 0.717) is 31.7 Å². The van der Waals surface area contributed by atoms with Gasteiger partial charge in [-0.3, -0.25) is 4.79 Å². The SMILES string of the molecule is CCN(CCCNc1cn[nH]c(=O)c1)S(C)(=O)=O. The third kappa shape index (κ3) is 4.84. The summed E-state index contributed by atoms with van der Waals surface area (Å²) in [6, 6.07) is 1.40. The quantitative estimate of drug-likeness (QED) is 0.674. The van der Waals surface area contributed by atoms with Crippen molar-refractivity contribution >= 4 is 15.7 Å². The van der Waals surface area contributed by atoms with E-state index in [0.717, 1.165) is 0 Å². The second-order valence-electron chi connectivity index (χ2n) is 3.87. The molecule has 1 rings (SSSR count). The molecule has 0 saturated heterocycles. The van der Waals surface area contributed by atoms with Crippen molar-refractivity contribution in [2.24, 2.45) is 0 Å². The molecule has 0 spiro atoms. The Morgan fingerprint density at radius 1 is 1.50 bits per heavy atom. The lowest BCUT2D eigenvalue weighted by Gasteiger charge is -2.17. The molecule has 0 saturated carbocycles. The molecule has 1 aromatic rings. The largest absolute Gasteiger partial charge is 0.384 e. The van der Waals surface area contributed by atoms with E-state index in [1.165, 1.54) is 22.8 Å². The van der Waals surface area contributed by atoms with E-state index < -0.39 is 10.0 Å². The number of rotatable bonds is 7. The highest BCUT2D eigenvalue weighted by Gasteiger charge is 2.12. The number of H-pyrrole nitrogens is 1. The average molecular weight is 274 g/mol. The molecule has 0 amide bonds. The zero-order valence-corrected chi connectivity index (χ0v) is 11.3. The standard InChI is InChI=1S/C10H18N4O3S/c1-3-14(18(2,16)17)6-4-5-11-9-7-10(15)13-12-8-9/h7-8H,3-6H2,1-2H3,(H2,11,13,15). The smallest absolute Gasteiger partial charge is 0.266 e. The Hall–Kier alpha value is -1.41. The number of nitrogens with zero attached hydrogens (tertiary/aromatic N) is 2. The molecule has 0 radical (unpaired) electrons. The van der Waals surface area contributed by atoms with Crippen LogP contribution in [-0.2, 0) is 10.0 Å². The third-order valence-electron chi connectivity index (χ3n) is 2.40. The van der Waals surface area contributed by atoms with Gasteiger partial charge in [0.25, 0.3) is 5.56 Å². The summed E-state index contributed by atoms with van der Waals surface area (Å²) in [5, 5.41) is 8.94. The lowest BCUT2D eigenvalue weighted by Crippen LogP contribution is -2.31. The van der Waals surface area contributed by atoms with Crippen LogP contribution in [0.3, 0.4) is 0 Å². The maximum atomic E-state index is 11.3. The van der Waals surface area contributed by atoms with Gasteiger partial charge in [0.15, 0.2) is 0 Å². The normalized spacial score (nSPS) is 11.7. The van der Waals surface area contributed by atoms with Crippen molar-refractivity contribution in [1.29, 1.82) is 0 Å². The molecule has 0 aromatic carbocycles. The second kappa shape index (κ2) is 6.50. The molecular weight excluding hydrogens is 256 g/mol. The van der Waals surface area contributed by atoms with Gasteiger partial charge >= 0.3 is 0 Å². The molecule has 0 aliphatic carbocycles. The van der Waals surface area contributed by atoms with Crippen LogP contribution >= 0.6 is 0 Å². The summed E-state index contributed by atoms with van der Waals surface area (Å²) in [5.74, 6) is 0. The second-order valence-corrected chi connectivity index (χ2v) is 5.85. The highest BCUT2D eigenvalue weighted by Crippen LogP contribution is 2.01. The highest BCUT2D eigenvalue weighted by molar-refractivity contribution is 7.88. The van der Waals surface area contributed by atoms with E-state index in [1.807, 2.05) is 0 Å². The van der Waals surface area contributed by atoms with Crippen molar-refractivity contribution in [2.75, 3.05) is 31.2 Å². The number of hydrogen-bond donors (Lipinski definition) is 2. The number of sulfonamides is 1. The molecule has 18 heavy (non-hydrogen) atoms. The number of aromatic nitrogens is 2. The van der Waals surface area contributed by atoms with Gasteiger partial charge in [0, 0.05) is 25.7 Å². The molecule has 0 fully saturated rings. The minimum atomic E-state index is -3.13. The maximum absolute atomic E-state index is 11.3. The van der Waals surface area contributed by atoms with E-state index >= 15 is 0 Å². The van der Waals surface area contributed by atoms with Gasteiger partial charge in [-0.05, 0) is 6.42 Å². The van der Waals surface area contributed by atoms with Gasteiger partial charge in [0.2, 0.25) is 10.0 Å². The zero-order chi connectivity index (χ0) is 13.6. The van der Waals surface area contributed by atoms with E-state index in [4.69, 9.17) is 0 Å². The monoisotopic (exact) mass is 274 g/mol. The molecule has 0 aliphatic heterocycles. The molecular formula is C10H18N4O3S. The van der Waals surface area contributed by atoms with Crippen LogP contribution < -0.4 is 10.9 Å². The summed E-state index contributed by atoms with van der Waals surface area (Å²) in [6.07, 6.45) is 3.37. The molecule has 0 bridgehead atoms. The number of aromatic amines is 1. The van der Waals surface area contributed by atoms with Gasteiger partial charge in [0.05, 0.1) is 18.1 Å². The first-order chi connectivity index (χ1) is 8.43. The molecule has 1 aromatic heterocycles. The zero-order valence-electron chi connectivity index (χ0n) is 10.5. The van der Waals surface area contributed by atoms with Crippen molar-refractivity contribution in [1.82, 2.24) is 14.5 Å². The van der Waals surface area contributed by atoms with Gasteiger partial charge < -0.3 is 5.32 Å². The Bertz CT molecular complexity index is 526.